The number of carbonyl (C=O) groups excluding carboxylic acids is 3. The van der Waals surface area contributed by atoms with Crippen molar-refractivity contribution in [2.24, 2.45) is 17.8 Å². The van der Waals surface area contributed by atoms with Crippen LogP contribution in [0.15, 0.2) is 0 Å². The van der Waals surface area contributed by atoms with Gasteiger partial charge in [0.15, 0.2) is 6.10 Å². The molecule has 0 radical (unpaired) electrons. The topological polar surface area (TPSA) is 78.9 Å². The molecule has 6 nitrogen and oxygen atoms in total. The maximum absolute atomic E-state index is 12.9. The summed E-state index contributed by atoms with van der Waals surface area (Å²) >= 11 is 0. The minimum Gasteiger partial charge on any atom is -0.462 e. The second-order valence-electron chi connectivity index (χ2n) is 22.1. The quantitative estimate of drug-likeness (QED) is 0.0343. The fourth-order valence-corrected chi connectivity index (χ4v) is 9.18. The van der Waals surface area contributed by atoms with Crippen LogP contribution < -0.4 is 0 Å². The zero-order chi connectivity index (χ0) is 48.4. The maximum Gasteiger partial charge on any atom is 0.306 e. The lowest BCUT2D eigenvalue weighted by Crippen LogP contribution is -2.30. The van der Waals surface area contributed by atoms with E-state index in [0.717, 1.165) is 75.5 Å². The summed E-state index contributed by atoms with van der Waals surface area (Å²) in [7, 11) is 0. The van der Waals surface area contributed by atoms with Gasteiger partial charge in [-0.05, 0) is 37.0 Å². The number of rotatable bonds is 53. The Hall–Kier alpha value is -1.59. The van der Waals surface area contributed by atoms with E-state index in [9.17, 15) is 14.4 Å². The van der Waals surface area contributed by atoms with E-state index in [4.69, 9.17) is 14.2 Å². The van der Waals surface area contributed by atoms with Crippen LogP contribution in [0.5, 0.6) is 0 Å². The molecule has 0 aromatic heterocycles. The standard InChI is InChI=1S/C60H116O6/c1-54(2)46-40-34-28-22-18-14-10-7-8-12-17-21-25-33-39-45-51-60(63)66-57(53-65-59(62)50-44-38-32-27-26-30-36-42-48-56(5)6)52-64-58(61)49-43-37-31-24-20-16-13-9-11-15-19-23-29-35-41-47-55(3)4/h54-57H,7-53H2,1-6H3/t57-/m1/s1. The van der Waals surface area contributed by atoms with Gasteiger partial charge < -0.3 is 14.2 Å². The van der Waals surface area contributed by atoms with Gasteiger partial charge in [-0.3, -0.25) is 14.4 Å². The summed E-state index contributed by atoms with van der Waals surface area (Å²) in [5.41, 5.74) is 0. The SMILES string of the molecule is CC(C)CCCCCCCCCCCCCCCCCCC(=O)O[C@H](COC(=O)CCCCCCCCCCCCCCCCCC(C)C)COC(=O)CCCCCCCCCCC(C)C. The summed E-state index contributed by atoms with van der Waals surface area (Å²) in [4.78, 5) is 38.1. The molecule has 0 bridgehead atoms. The van der Waals surface area contributed by atoms with Gasteiger partial charge in [-0.25, -0.2) is 0 Å². The van der Waals surface area contributed by atoms with Crippen molar-refractivity contribution in [3.8, 4) is 0 Å². The van der Waals surface area contributed by atoms with Crippen molar-refractivity contribution >= 4 is 17.9 Å². The molecule has 0 saturated carbocycles. The molecule has 0 aliphatic rings. The summed E-state index contributed by atoms with van der Waals surface area (Å²) in [6.07, 6.45) is 53.9. The van der Waals surface area contributed by atoms with Crippen LogP contribution in [0.2, 0.25) is 0 Å². The van der Waals surface area contributed by atoms with Gasteiger partial charge in [0.2, 0.25) is 0 Å². The number of esters is 3. The Labute approximate surface area is 412 Å². The predicted molar refractivity (Wildman–Crippen MR) is 284 cm³/mol. The zero-order valence-electron chi connectivity index (χ0n) is 45.5. The van der Waals surface area contributed by atoms with Crippen LogP contribution in [-0.2, 0) is 28.6 Å². The van der Waals surface area contributed by atoms with Crippen LogP contribution in [0.3, 0.4) is 0 Å². The van der Waals surface area contributed by atoms with E-state index >= 15 is 0 Å². The molecule has 66 heavy (non-hydrogen) atoms. The molecule has 0 aromatic rings. The fourth-order valence-electron chi connectivity index (χ4n) is 9.18. The minimum atomic E-state index is -0.764. The van der Waals surface area contributed by atoms with Crippen molar-refractivity contribution in [2.75, 3.05) is 13.2 Å². The molecule has 0 N–H and O–H groups in total. The molecule has 0 saturated heterocycles. The van der Waals surface area contributed by atoms with Crippen LogP contribution in [0.1, 0.15) is 330 Å². The van der Waals surface area contributed by atoms with Crippen LogP contribution in [0.4, 0.5) is 0 Å². The Bertz CT molecular complexity index is 1020. The zero-order valence-corrected chi connectivity index (χ0v) is 45.5. The van der Waals surface area contributed by atoms with Gasteiger partial charge in [0.1, 0.15) is 13.2 Å². The summed E-state index contributed by atoms with van der Waals surface area (Å²) < 4.78 is 16.9. The highest BCUT2D eigenvalue weighted by Crippen LogP contribution is 2.19. The molecular weight excluding hydrogens is 817 g/mol. The molecule has 0 heterocycles. The van der Waals surface area contributed by atoms with E-state index in [1.165, 1.54) is 212 Å². The molecule has 0 amide bonds. The summed E-state index contributed by atoms with van der Waals surface area (Å²) in [5, 5.41) is 0. The van der Waals surface area contributed by atoms with Gasteiger partial charge in [0, 0.05) is 19.3 Å². The average molecular weight is 934 g/mol. The second-order valence-corrected chi connectivity index (χ2v) is 22.1. The average Bonchev–Trinajstić information content (AvgIpc) is 3.28. The normalized spacial score (nSPS) is 12.1. The Kier molecular flexibility index (Phi) is 50.0. The van der Waals surface area contributed by atoms with Crippen molar-refractivity contribution in [3.05, 3.63) is 0 Å². The molecule has 0 fully saturated rings. The summed E-state index contributed by atoms with van der Waals surface area (Å²) in [5.74, 6) is 1.65. The first kappa shape index (κ1) is 64.4. The Morgan fingerprint density at radius 3 is 0.652 bits per heavy atom. The third-order valence-corrected chi connectivity index (χ3v) is 13.6. The largest absolute Gasteiger partial charge is 0.462 e. The molecule has 1 atom stereocenters. The maximum atomic E-state index is 12.9. The highest BCUT2D eigenvalue weighted by Gasteiger charge is 2.19. The van der Waals surface area contributed by atoms with E-state index in [-0.39, 0.29) is 31.1 Å². The second kappa shape index (κ2) is 51.3. The molecule has 0 unspecified atom stereocenters. The molecule has 0 aliphatic heterocycles. The van der Waals surface area contributed by atoms with Crippen molar-refractivity contribution in [1.29, 1.82) is 0 Å². The third kappa shape index (κ3) is 53.4. The van der Waals surface area contributed by atoms with Gasteiger partial charge in [-0.1, -0.05) is 292 Å². The highest BCUT2D eigenvalue weighted by molar-refractivity contribution is 5.71. The van der Waals surface area contributed by atoms with Crippen molar-refractivity contribution < 1.29 is 28.6 Å². The lowest BCUT2D eigenvalue weighted by Gasteiger charge is -2.18. The van der Waals surface area contributed by atoms with Crippen LogP contribution in [0.25, 0.3) is 0 Å². The van der Waals surface area contributed by atoms with E-state index in [1.54, 1.807) is 0 Å². The van der Waals surface area contributed by atoms with Crippen LogP contribution in [0, 0.1) is 17.8 Å². The smallest absolute Gasteiger partial charge is 0.306 e. The first-order valence-corrected chi connectivity index (χ1v) is 29.6. The van der Waals surface area contributed by atoms with E-state index in [1.807, 2.05) is 0 Å². The van der Waals surface area contributed by atoms with Crippen molar-refractivity contribution in [1.82, 2.24) is 0 Å². The fraction of sp³-hybridized carbons (Fsp3) is 0.950. The number of carbonyl (C=O) groups is 3. The Morgan fingerprint density at radius 2 is 0.439 bits per heavy atom. The monoisotopic (exact) mass is 933 g/mol. The van der Waals surface area contributed by atoms with Gasteiger partial charge in [-0.15, -0.1) is 0 Å². The molecule has 0 rings (SSSR count). The lowest BCUT2D eigenvalue weighted by atomic mass is 10.0. The molecule has 0 aromatic carbocycles. The highest BCUT2D eigenvalue weighted by atomic mass is 16.6. The number of ether oxygens (including phenoxy) is 3. The molecule has 0 aliphatic carbocycles. The lowest BCUT2D eigenvalue weighted by molar-refractivity contribution is -0.167. The molecule has 0 spiro atoms. The Morgan fingerprint density at radius 1 is 0.258 bits per heavy atom. The van der Waals surface area contributed by atoms with Gasteiger partial charge in [-0.2, -0.15) is 0 Å². The van der Waals surface area contributed by atoms with Crippen molar-refractivity contribution in [2.45, 2.75) is 337 Å². The molecule has 6 heteroatoms. The van der Waals surface area contributed by atoms with Gasteiger partial charge in [0.05, 0.1) is 0 Å². The van der Waals surface area contributed by atoms with Crippen molar-refractivity contribution in [3.63, 3.8) is 0 Å². The van der Waals surface area contributed by atoms with E-state index in [0.29, 0.717) is 19.3 Å². The number of unbranched alkanes of at least 4 members (excludes halogenated alkanes) is 36. The number of hydrogen-bond donors (Lipinski definition) is 0. The summed E-state index contributed by atoms with van der Waals surface area (Å²) in [6, 6.07) is 0. The minimum absolute atomic E-state index is 0.0636. The number of hydrogen-bond acceptors (Lipinski definition) is 6. The third-order valence-electron chi connectivity index (χ3n) is 13.6. The van der Waals surface area contributed by atoms with Gasteiger partial charge >= 0.3 is 17.9 Å². The first-order chi connectivity index (χ1) is 32.1. The van der Waals surface area contributed by atoms with Gasteiger partial charge in [0.25, 0.3) is 0 Å². The first-order valence-electron chi connectivity index (χ1n) is 29.6. The predicted octanol–water partition coefficient (Wildman–Crippen LogP) is 19.5. The Balaban J connectivity index is 4.25. The molecule has 392 valence electrons. The molecular formula is C60H116O6. The summed E-state index contributed by atoms with van der Waals surface area (Å²) in [6.45, 7) is 13.8. The van der Waals surface area contributed by atoms with Crippen LogP contribution >= 0.6 is 0 Å². The van der Waals surface area contributed by atoms with E-state index in [2.05, 4.69) is 41.5 Å². The van der Waals surface area contributed by atoms with Crippen LogP contribution in [-0.4, -0.2) is 37.2 Å². The van der Waals surface area contributed by atoms with E-state index < -0.39 is 6.10 Å².